The quantitative estimate of drug-likeness (QED) is 0.147. The zero-order chi connectivity index (χ0) is 34.5. The number of ether oxygens (including phenoxy) is 2. The molecule has 0 spiro atoms. The summed E-state index contributed by atoms with van der Waals surface area (Å²) in [5.74, 6) is -3.49. The number of rotatable bonds is 13. The van der Waals surface area contributed by atoms with Gasteiger partial charge in [-0.05, 0) is 56.4 Å². The number of fused-ring (bicyclic) bond motifs is 1. The summed E-state index contributed by atoms with van der Waals surface area (Å²) in [6.45, 7) is 2.10. The number of aromatic nitrogens is 1. The minimum absolute atomic E-state index is 0.0122. The highest BCUT2D eigenvalue weighted by atomic mass is 16.6. The van der Waals surface area contributed by atoms with Crippen LogP contribution in [0.15, 0.2) is 57.7 Å². The summed E-state index contributed by atoms with van der Waals surface area (Å²) in [7, 11) is 1.77. The average Bonchev–Trinajstić information content (AvgIpc) is 3.73. The minimum atomic E-state index is -1.30. The number of hydrogen-bond donors (Lipinski definition) is 4. The Morgan fingerprint density at radius 1 is 0.938 bits per heavy atom. The number of nitrogens with two attached hydrogens (primary N) is 1. The van der Waals surface area contributed by atoms with E-state index >= 15 is 0 Å². The molecule has 0 fully saturated rings. The molecule has 1 aliphatic rings. The molecule has 5 rings (SSSR count). The smallest absolute Gasteiger partial charge is 0.457 e. The van der Waals surface area contributed by atoms with Crippen molar-refractivity contribution in [2.24, 2.45) is 5.73 Å². The van der Waals surface area contributed by atoms with Crippen molar-refractivity contribution in [2.45, 2.75) is 65.1 Å². The van der Waals surface area contributed by atoms with Crippen LogP contribution in [0.25, 0.3) is 0 Å². The van der Waals surface area contributed by atoms with Crippen molar-refractivity contribution >= 4 is 29.6 Å². The van der Waals surface area contributed by atoms with E-state index in [1.165, 1.54) is 13.8 Å². The lowest BCUT2D eigenvalue weighted by atomic mass is 10.0. The summed E-state index contributed by atoms with van der Waals surface area (Å²) >= 11 is 0. The first-order valence-electron chi connectivity index (χ1n) is 14.8. The fourth-order valence-corrected chi connectivity index (χ4v) is 4.95. The van der Waals surface area contributed by atoms with Gasteiger partial charge in [-0.2, -0.15) is 0 Å². The van der Waals surface area contributed by atoms with Gasteiger partial charge in [0.1, 0.15) is 11.9 Å². The van der Waals surface area contributed by atoms with Gasteiger partial charge in [0, 0.05) is 25.2 Å². The minimum Gasteiger partial charge on any atom is -0.457 e. The van der Waals surface area contributed by atoms with Gasteiger partial charge in [-0.3, -0.25) is 20.1 Å². The number of aryl methyl sites for hydroxylation is 4. The van der Waals surface area contributed by atoms with E-state index in [4.69, 9.17) is 32.9 Å². The number of carbonyl (C=O) groups is 4. The van der Waals surface area contributed by atoms with Crippen LogP contribution < -0.4 is 32.9 Å². The highest BCUT2D eigenvalue weighted by Gasteiger charge is 2.30. The molecule has 1 aliphatic heterocycles. The average molecular weight is 668 g/mol. The maximum absolute atomic E-state index is 13.2. The van der Waals surface area contributed by atoms with Crippen LogP contribution >= 0.6 is 0 Å². The van der Waals surface area contributed by atoms with Crippen molar-refractivity contribution in [3.63, 3.8) is 0 Å². The molecule has 17 nitrogen and oxygen atoms in total. The number of amides is 2. The van der Waals surface area contributed by atoms with E-state index in [-0.39, 0.29) is 54.0 Å². The van der Waals surface area contributed by atoms with Crippen molar-refractivity contribution in [1.29, 1.82) is 0 Å². The van der Waals surface area contributed by atoms with E-state index in [1.807, 2.05) is 0 Å². The molecule has 0 saturated carbocycles. The summed E-state index contributed by atoms with van der Waals surface area (Å²) in [4.78, 5) is 78.5. The van der Waals surface area contributed by atoms with Gasteiger partial charge in [-0.15, -0.1) is 0 Å². The van der Waals surface area contributed by atoms with Crippen molar-refractivity contribution in [1.82, 2.24) is 15.6 Å². The number of hydrogen-bond acceptors (Lipinski definition) is 14. The van der Waals surface area contributed by atoms with Gasteiger partial charge in [0.05, 0.1) is 5.56 Å². The standard InChI is InChI=1S/C31H33N5O12/c1-15-21(47-30(41)45-15)13-43-23(37)11-10-20(28(40)44-14-22-16(2)46-31(42)48-22)34-26(38)18-7-4-17(5-8-18)6-9-19-12-33-25-24(19)27(39)35-29(32)36(25)3/h4-5,7-8,12,20,29,33H,6,9-11,13-14,32H2,1-3H3,(H,34,38)(H,35,39)/t20-,29?/m0/s1. The van der Waals surface area contributed by atoms with Crippen LogP contribution in [0.2, 0.25) is 0 Å². The molecule has 4 aromatic rings. The van der Waals surface area contributed by atoms with Gasteiger partial charge in [-0.25, -0.2) is 14.4 Å². The number of aromatic amines is 1. The maximum Gasteiger partial charge on any atom is 0.519 e. The normalized spacial score (nSPS) is 14.6. The fraction of sp³-hybridized carbons (Fsp3) is 0.355. The molecular formula is C31H33N5O12. The SMILES string of the molecule is Cc1oc(=O)oc1COC(=O)CC[C@H](NC(=O)c1ccc(CCc2c[nH]c3c2C(=O)NC(N)N3C)cc1)C(=O)OCc1oc(=O)oc1C. The second-order valence-electron chi connectivity index (χ2n) is 11.0. The fourth-order valence-electron chi connectivity index (χ4n) is 4.95. The van der Waals surface area contributed by atoms with Crippen LogP contribution in [0.1, 0.15) is 67.7 Å². The molecule has 0 bridgehead atoms. The first kappa shape index (κ1) is 33.5. The third-order valence-electron chi connectivity index (χ3n) is 7.72. The molecule has 0 radical (unpaired) electrons. The summed E-state index contributed by atoms with van der Waals surface area (Å²) in [5, 5.41) is 5.28. The number of benzene rings is 1. The third kappa shape index (κ3) is 7.75. The Labute approximate surface area is 271 Å². The van der Waals surface area contributed by atoms with Crippen LogP contribution in [0.3, 0.4) is 0 Å². The number of nitrogens with zero attached hydrogens (tertiary/aromatic N) is 1. The maximum atomic E-state index is 13.2. The predicted octanol–water partition coefficient (Wildman–Crippen LogP) is 1.30. The van der Waals surface area contributed by atoms with Gasteiger partial charge in [0.2, 0.25) is 0 Å². The molecule has 4 heterocycles. The molecule has 2 atom stereocenters. The molecule has 0 aliphatic carbocycles. The van der Waals surface area contributed by atoms with Gasteiger partial charge < -0.3 is 47.7 Å². The largest absolute Gasteiger partial charge is 0.519 e. The lowest BCUT2D eigenvalue weighted by Crippen LogP contribution is -2.56. The van der Waals surface area contributed by atoms with Crippen LogP contribution in [0.5, 0.6) is 0 Å². The Bertz CT molecular complexity index is 1930. The molecule has 0 saturated heterocycles. The van der Waals surface area contributed by atoms with Gasteiger partial charge in [0.15, 0.2) is 42.5 Å². The molecule has 1 aromatic carbocycles. The van der Waals surface area contributed by atoms with E-state index in [2.05, 4.69) is 15.6 Å². The number of esters is 2. The van der Waals surface area contributed by atoms with Crippen LogP contribution in [0.4, 0.5) is 5.82 Å². The zero-order valence-corrected chi connectivity index (χ0v) is 26.2. The van der Waals surface area contributed by atoms with Gasteiger partial charge in [-0.1, -0.05) is 12.1 Å². The molecule has 3 aromatic heterocycles. The predicted molar refractivity (Wildman–Crippen MR) is 163 cm³/mol. The Hall–Kier alpha value is -5.84. The summed E-state index contributed by atoms with van der Waals surface area (Å²) in [6.07, 6.45) is 1.73. The lowest BCUT2D eigenvalue weighted by Gasteiger charge is -2.31. The number of nitrogens with one attached hydrogen (secondary N) is 3. The molecule has 1 unspecified atom stereocenters. The van der Waals surface area contributed by atoms with E-state index in [0.717, 1.165) is 11.1 Å². The Balaban J connectivity index is 1.20. The van der Waals surface area contributed by atoms with E-state index < -0.39 is 48.4 Å². The third-order valence-corrected chi connectivity index (χ3v) is 7.72. The van der Waals surface area contributed by atoms with E-state index in [1.54, 1.807) is 42.4 Å². The first-order valence-corrected chi connectivity index (χ1v) is 14.8. The first-order chi connectivity index (χ1) is 22.9. The van der Waals surface area contributed by atoms with Crippen LogP contribution in [-0.4, -0.2) is 48.1 Å². The molecule has 48 heavy (non-hydrogen) atoms. The summed E-state index contributed by atoms with van der Waals surface area (Å²) in [5.41, 5.74) is 8.39. The lowest BCUT2D eigenvalue weighted by molar-refractivity contribution is -0.149. The number of carbonyl (C=O) groups excluding carboxylic acids is 4. The topological polar surface area (TPSA) is 243 Å². The Kier molecular flexibility index (Phi) is 9.98. The Morgan fingerprint density at radius 3 is 2.17 bits per heavy atom. The number of H-pyrrole nitrogens is 1. The zero-order valence-electron chi connectivity index (χ0n) is 26.2. The van der Waals surface area contributed by atoms with E-state index in [9.17, 15) is 28.8 Å². The molecular weight excluding hydrogens is 634 g/mol. The van der Waals surface area contributed by atoms with Crippen LogP contribution in [-0.2, 0) is 45.1 Å². The molecule has 254 valence electrons. The summed E-state index contributed by atoms with van der Waals surface area (Å²) < 4.78 is 29.5. The number of anilines is 1. The molecule has 2 amide bonds. The second-order valence-corrected chi connectivity index (χ2v) is 11.0. The van der Waals surface area contributed by atoms with Crippen LogP contribution in [0, 0.1) is 13.8 Å². The monoisotopic (exact) mass is 667 g/mol. The van der Waals surface area contributed by atoms with Gasteiger partial charge in [0.25, 0.3) is 11.8 Å². The molecule has 5 N–H and O–H groups in total. The van der Waals surface area contributed by atoms with Gasteiger partial charge >= 0.3 is 23.6 Å². The highest BCUT2D eigenvalue weighted by molar-refractivity contribution is 6.02. The van der Waals surface area contributed by atoms with Crippen molar-refractivity contribution < 1.29 is 46.3 Å². The second kappa shape index (κ2) is 14.3. The highest BCUT2D eigenvalue weighted by Crippen LogP contribution is 2.27. The van der Waals surface area contributed by atoms with Crippen molar-refractivity contribution in [2.75, 3.05) is 11.9 Å². The summed E-state index contributed by atoms with van der Waals surface area (Å²) in [6, 6.07) is 5.37. The Morgan fingerprint density at radius 2 is 1.56 bits per heavy atom. The van der Waals surface area contributed by atoms with E-state index in [0.29, 0.717) is 24.2 Å². The van der Waals surface area contributed by atoms with Crippen molar-refractivity contribution in [3.05, 3.63) is 97.0 Å². The molecule has 17 heteroatoms. The van der Waals surface area contributed by atoms with Crippen molar-refractivity contribution in [3.8, 4) is 0 Å².